The fourth-order valence-electron chi connectivity index (χ4n) is 0.838. The van der Waals surface area contributed by atoms with Gasteiger partial charge in [-0.05, 0) is 0 Å². The molecule has 0 atom stereocenters. The maximum absolute atomic E-state index is 6.31. The summed E-state index contributed by atoms with van der Waals surface area (Å²) < 4.78 is 0. The summed E-state index contributed by atoms with van der Waals surface area (Å²) in [6, 6.07) is 0. The van der Waals surface area contributed by atoms with E-state index in [-0.39, 0.29) is 0 Å². The minimum absolute atomic E-state index is 0.882. The summed E-state index contributed by atoms with van der Waals surface area (Å²) in [4.78, 5) is 0. The second-order valence-electron chi connectivity index (χ2n) is 2.31. The third-order valence-corrected chi connectivity index (χ3v) is 4.88. The Bertz CT molecular complexity index is 125. The third kappa shape index (κ3) is 4.33. The summed E-state index contributed by atoms with van der Waals surface area (Å²) in [5.41, 5.74) is 0. The molecule has 0 heterocycles. The Hall–Kier alpha value is -0.140. The topological polar surface area (TPSA) is 0 Å². The van der Waals surface area contributed by atoms with E-state index >= 15 is 0 Å². The molecule has 0 radical (unpaired) electrons. The first-order valence-electron chi connectivity index (χ1n) is 3.47. The van der Waals surface area contributed by atoms with E-state index in [2.05, 4.69) is 19.7 Å². The second-order valence-corrected chi connectivity index (χ2v) is 7.15. The van der Waals surface area contributed by atoms with Crippen molar-refractivity contribution >= 4 is 19.9 Å². The number of hydrogen-bond acceptors (Lipinski definition) is 0. The molecule has 0 fully saturated rings. The average molecular weight is 191 g/mol. The number of halogens is 1. The van der Waals surface area contributed by atoms with Crippen LogP contribution in [0.3, 0.4) is 0 Å². The lowest BCUT2D eigenvalue weighted by molar-refractivity contribution is 1.62. The van der Waals surface area contributed by atoms with Crippen molar-refractivity contribution in [1.82, 2.24) is 0 Å². The lowest BCUT2D eigenvalue weighted by Crippen LogP contribution is -2.02. The normalized spacial score (nSPS) is 12.1. The Morgan fingerprint density at radius 1 is 0.909 bits per heavy atom. The average Bonchev–Trinajstić information content (AvgIpc) is 1.88. The van der Waals surface area contributed by atoms with Gasteiger partial charge in [-0.2, -0.15) is 9.24 Å². The Balaban J connectivity index is 4.09. The minimum Gasteiger partial charge on any atom is -0.152 e. The molecule has 0 bridgehead atoms. The largest absolute Gasteiger partial charge is 0.152 e. The zero-order chi connectivity index (χ0) is 8.74. The molecule has 0 aliphatic carbocycles. The van der Waals surface area contributed by atoms with Gasteiger partial charge in [0.15, 0.2) is 0 Å². The van der Waals surface area contributed by atoms with Crippen molar-refractivity contribution in [3.05, 3.63) is 38.0 Å². The van der Waals surface area contributed by atoms with E-state index in [0.717, 1.165) is 17.3 Å². The van der Waals surface area contributed by atoms with E-state index < -0.39 is 9.24 Å². The van der Waals surface area contributed by atoms with Gasteiger partial charge in [0.1, 0.15) is 0 Å². The summed E-state index contributed by atoms with van der Waals surface area (Å²) in [6.45, 7) is 11.0. The summed E-state index contributed by atoms with van der Waals surface area (Å²) in [5, 5.41) is 0. The molecule has 0 N–H and O–H groups in total. The molecule has 0 saturated heterocycles. The predicted molar refractivity (Wildman–Crippen MR) is 58.6 cm³/mol. The van der Waals surface area contributed by atoms with E-state index in [1.807, 2.05) is 18.2 Å². The molecule has 0 saturated carbocycles. The van der Waals surface area contributed by atoms with Crippen LogP contribution >= 0.6 is 19.9 Å². The monoisotopic (exact) mass is 190 g/mol. The van der Waals surface area contributed by atoms with Gasteiger partial charge in [-0.15, -0.1) is 19.7 Å². The van der Waals surface area contributed by atoms with E-state index in [9.17, 15) is 0 Å². The van der Waals surface area contributed by atoms with Crippen molar-refractivity contribution in [3.8, 4) is 0 Å². The molecule has 0 aromatic rings. The Labute approximate surface area is 75.5 Å². The molecule has 0 spiro atoms. The maximum atomic E-state index is 6.31. The molecule has 11 heavy (non-hydrogen) atoms. The van der Waals surface area contributed by atoms with Crippen LogP contribution in [0.1, 0.15) is 0 Å². The zero-order valence-electron chi connectivity index (χ0n) is 6.76. The molecular formula is C9H15ClS. The molecule has 0 amide bonds. The van der Waals surface area contributed by atoms with Crippen molar-refractivity contribution in [2.75, 3.05) is 17.3 Å². The first-order chi connectivity index (χ1) is 5.18. The number of rotatable bonds is 6. The molecule has 2 heteroatoms. The van der Waals surface area contributed by atoms with E-state index in [4.69, 9.17) is 10.7 Å². The highest BCUT2D eigenvalue weighted by Gasteiger charge is 2.14. The van der Waals surface area contributed by atoms with Crippen LogP contribution in [0.25, 0.3) is 0 Å². The van der Waals surface area contributed by atoms with E-state index in [1.54, 1.807) is 0 Å². The van der Waals surface area contributed by atoms with E-state index in [0.29, 0.717) is 0 Å². The quantitative estimate of drug-likeness (QED) is 0.563. The summed E-state index contributed by atoms with van der Waals surface area (Å²) in [5.74, 6) is 2.64. The summed E-state index contributed by atoms with van der Waals surface area (Å²) in [6.07, 6.45) is 5.61. The standard InChI is InChI=1S/C9H15ClS/c1-4-7-11(10,8-5-2)9-6-3/h4-6H,1-3,7-9H2. The van der Waals surface area contributed by atoms with Crippen molar-refractivity contribution in [2.24, 2.45) is 0 Å². The van der Waals surface area contributed by atoms with Crippen molar-refractivity contribution < 1.29 is 0 Å². The first kappa shape index (κ1) is 10.9. The predicted octanol–water partition coefficient (Wildman–Crippen LogP) is 3.50. The SMILES string of the molecule is C=CCS(Cl)(CC=C)CC=C. The van der Waals surface area contributed by atoms with Gasteiger partial charge in [0.2, 0.25) is 0 Å². The van der Waals surface area contributed by atoms with Crippen LogP contribution in [0.4, 0.5) is 0 Å². The minimum atomic E-state index is -1.07. The molecule has 0 aromatic heterocycles. The highest BCUT2D eigenvalue weighted by molar-refractivity contribution is 8.51. The Morgan fingerprint density at radius 3 is 1.36 bits per heavy atom. The van der Waals surface area contributed by atoms with Crippen LogP contribution in [0, 0.1) is 0 Å². The molecular weight excluding hydrogens is 176 g/mol. The fourth-order valence-corrected chi connectivity index (χ4v) is 3.32. The molecule has 0 nitrogen and oxygen atoms in total. The van der Waals surface area contributed by atoms with Gasteiger partial charge in [0.25, 0.3) is 0 Å². The van der Waals surface area contributed by atoms with Crippen LogP contribution < -0.4 is 0 Å². The van der Waals surface area contributed by atoms with Gasteiger partial charge in [0, 0.05) is 17.3 Å². The Kier molecular flexibility index (Phi) is 5.43. The maximum Gasteiger partial charge on any atom is 0.00829 e. The van der Waals surface area contributed by atoms with Gasteiger partial charge in [-0.25, -0.2) is 0 Å². The highest BCUT2D eigenvalue weighted by atomic mass is 35.7. The third-order valence-electron chi connectivity index (χ3n) is 1.25. The Morgan fingerprint density at radius 2 is 1.18 bits per heavy atom. The van der Waals surface area contributed by atoms with Gasteiger partial charge < -0.3 is 0 Å². The summed E-state index contributed by atoms with van der Waals surface area (Å²) in [7, 11) is 5.24. The number of hydrogen-bond donors (Lipinski definition) is 0. The molecule has 64 valence electrons. The van der Waals surface area contributed by atoms with Crippen LogP contribution in [-0.4, -0.2) is 17.3 Å². The molecule has 0 aromatic carbocycles. The van der Waals surface area contributed by atoms with Crippen molar-refractivity contribution in [3.63, 3.8) is 0 Å². The van der Waals surface area contributed by atoms with Crippen molar-refractivity contribution in [2.45, 2.75) is 0 Å². The lowest BCUT2D eigenvalue weighted by atomic mass is 10.7. The van der Waals surface area contributed by atoms with Crippen LogP contribution in [0.5, 0.6) is 0 Å². The summed E-state index contributed by atoms with van der Waals surface area (Å²) >= 11 is 0. The van der Waals surface area contributed by atoms with Gasteiger partial charge >= 0.3 is 0 Å². The lowest BCUT2D eigenvalue weighted by Gasteiger charge is -2.28. The second kappa shape index (κ2) is 5.50. The van der Waals surface area contributed by atoms with Crippen LogP contribution in [0.2, 0.25) is 0 Å². The van der Waals surface area contributed by atoms with Crippen LogP contribution in [-0.2, 0) is 0 Å². The fraction of sp³-hybridized carbons (Fsp3) is 0.333. The van der Waals surface area contributed by atoms with Crippen LogP contribution in [0.15, 0.2) is 38.0 Å². The van der Waals surface area contributed by atoms with Crippen molar-refractivity contribution in [1.29, 1.82) is 0 Å². The molecule has 0 aliphatic rings. The first-order valence-corrected chi connectivity index (χ1v) is 6.44. The molecule has 0 rings (SSSR count). The van der Waals surface area contributed by atoms with Gasteiger partial charge in [0.05, 0.1) is 0 Å². The highest BCUT2D eigenvalue weighted by Crippen LogP contribution is 2.52. The molecule has 0 aliphatic heterocycles. The smallest absolute Gasteiger partial charge is 0.00829 e. The van der Waals surface area contributed by atoms with Gasteiger partial charge in [-0.1, -0.05) is 28.9 Å². The molecule has 0 unspecified atom stereocenters. The van der Waals surface area contributed by atoms with Gasteiger partial charge in [-0.3, -0.25) is 0 Å². The van der Waals surface area contributed by atoms with E-state index in [1.165, 1.54) is 0 Å². The zero-order valence-corrected chi connectivity index (χ0v) is 8.33.